The number of anilines is 1. The number of amides is 1. The molecule has 0 spiro atoms. The first kappa shape index (κ1) is 16.4. The van der Waals surface area contributed by atoms with Gasteiger partial charge in [-0.1, -0.05) is 12.1 Å². The fourth-order valence-electron chi connectivity index (χ4n) is 3.59. The van der Waals surface area contributed by atoms with Crippen LogP contribution in [-0.2, 0) is 12.8 Å². The number of hydrogen-bond acceptors (Lipinski definition) is 6. The largest absolute Gasteiger partial charge is 0.352 e. The number of nitro benzene ring substituents is 1. The summed E-state index contributed by atoms with van der Waals surface area (Å²) in [4.78, 5) is 27.1. The number of rotatable bonds is 3. The molecule has 0 unspecified atom stereocenters. The number of carbonyl (C=O) groups excluding carboxylic acids is 1. The average Bonchev–Trinajstić information content (AvgIpc) is 3.15. The Morgan fingerprint density at radius 1 is 1.08 bits per heavy atom. The Kier molecular flexibility index (Phi) is 4.24. The SMILES string of the molecule is O=C(c1ccccc1[N+](=O)[O-])N1CCN(c2cc3c(nn2)CCC3)CC1. The van der Waals surface area contributed by atoms with Gasteiger partial charge in [-0.15, -0.1) is 5.10 Å². The first-order chi connectivity index (χ1) is 12.6. The van der Waals surface area contributed by atoms with Gasteiger partial charge in [0.25, 0.3) is 11.6 Å². The van der Waals surface area contributed by atoms with E-state index >= 15 is 0 Å². The van der Waals surface area contributed by atoms with Gasteiger partial charge < -0.3 is 9.80 Å². The molecule has 0 saturated carbocycles. The molecule has 2 heterocycles. The van der Waals surface area contributed by atoms with Crippen LogP contribution >= 0.6 is 0 Å². The van der Waals surface area contributed by atoms with E-state index in [-0.39, 0.29) is 17.2 Å². The molecule has 0 N–H and O–H groups in total. The van der Waals surface area contributed by atoms with Crippen molar-refractivity contribution in [1.82, 2.24) is 15.1 Å². The van der Waals surface area contributed by atoms with Crippen molar-refractivity contribution in [3.05, 3.63) is 57.3 Å². The molecule has 8 heteroatoms. The van der Waals surface area contributed by atoms with Crippen LogP contribution in [0.4, 0.5) is 11.5 Å². The smallest absolute Gasteiger partial charge is 0.282 e. The number of piperazine rings is 1. The molecule has 0 atom stereocenters. The maximum absolute atomic E-state index is 12.7. The van der Waals surface area contributed by atoms with Crippen LogP contribution in [0.1, 0.15) is 28.0 Å². The van der Waals surface area contributed by atoms with Crippen LogP contribution in [0.2, 0.25) is 0 Å². The van der Waals surface area contributed by atoms with Crippen LogP contribution < -0.4 is 4.90 Å². The summed E-state index contributed by atoms with van der Waals surface area (Å²) in [7, 11) is 0. The van der Waals surface area contributed by atoms with Crippen molar-refractivity contribution in [3.8, 4) is 0 Å². The molecule has 8 nitrogen and oxygen atoms in total. The summed E-state index contributed by atoms with van der Waals surface area (Å²) in [6.45, 7) is 2.28. The lowest BCUT2D eigenvalue weighted by atomic mass is 10.1. The summed E-state index contributed by atoms with van der Waals surface area (Å²) < 4.78 is 0. The number of nitro groups is 1. The van der Waals surface area contributed by atoms with Gasteiger partial charge in [-0.25, -0.2) is 0 Å². The van der Waals surface area contributed by atoms with Crippen LogP contribution in [0, 0.1) is 10.1 Å². The van der Waals surface area contributed by atoms with Gasteiger partial charge in [0.05, 0.1) is 10.6 Å². The number of fused-ring (bicyclic) bond motifs is 1. The Morgan fingerprint density at radius 3 is 2.62 bits per heavy atom. The maximum Gasteiger partial charge on any atom is 0.282 e. The third kappa shape index (κ3) is 2.98. The van der Waals surface area contributed by atoms with Gasteiger partial charge in [-0.3, -0.25) is 14.9 Å². The van der Waals surface area contributed by atoms with Crippen LogP contribution in [-0.4, -0.2) is 52.1 Å². The molecular weight excluding hydrogens is 334 g/mol. The monoisotopic (exact) mass is 353 g/mol. The van der Waals surface area contributed by atoms with E-state index in [0.29, 0.717) is 26.2 Å². The van der Waals surface area contributed by atoms with Crippen LogP contribution in [0.5, 0.6) is 0 Å². The Balaban J connectivity index is 1.45. The second kappa shape index (κ2) is 6.70. The van der Waals surface area contributed by atoms with Crippen LogP contribution in [0.25, 0.3) is 0 Å². The van der Waals surface area contributed by atoms with Gasteiger partial charge in [0.2, 0.25) is 0 Å². The van der Waals surface area contributed by atoms with Gasteiger partial charge in [-0.05, 0) is 37.0 Å². The van der Waals surface area contributed by atoms with E-state index in [1.165, 1.54) is 17.7 Å². The fraction of sp³-hybridized carbons (Fsp3) is 0.389. The molecule has 134 valence electrons. The molecule has 0 bridgehead atoms. The highest BCUT2D eigenvalue weighted by atomic mass is 16.6. The first-order valence-electron chi connectivity index (χ1n) is 8.76. The fourth-order valence-corrected chi connectivity index (χ4v) is 3.59. The van der Waals surface area contributed by atoms with Crippen molar-refractivity contribution in [3.63, 3.8) is 0 Å². The minimum absolute atomic E-state index is 0.142. The quantitative estimate of drug-likeness (QED) is 0.617. The zero-order chi connectivity index (χ0) is 18.1. The topological polar surface area (TPSA) is 92.5 Å². The molecule has 2 aliphatic rings. The molecule has 1 aliphatic heterocycles. The van der Waals surface area contributed by atoms with Gasteiger partial charge in [0.1, 0.15) is 5.56 Å². The number of aromatic nitrogens is 2. The molecule has 0 radical (unpaired) electrons. The van der Waals surface area contributed by atoms with Gasteiger partial charge in [0.15, 0.2) is 5.82 Å². The number of benzene rings is 1. The molecule has 2 aromatic rings. The Morgan fingerprint density at radius 2 is 1.85 bits per heavy atom. The lowest BCUT2D eigenvalue weighted by Gasteiger charge is -2.35. The molecule has 1 saturated heterocycles. The Bertz CT molecular complexity index is 862. The molecule has 1 aromatic carbocycles. The van der Waals surface area contributed by atoms with Crippen molar-refractivity contribution in [1.29, 1.82) is 0 Å². The number of hydrogen-bond donors (Lipinski definition) is 0. The number of nitrogens with zero attached hydrogens (tertiary/aromatic N) is 5. The summed E-state index contributed by atoms with van der Waals surface area (Å²) in [5, 5.41) is 19.8. The minimum atomic E-state index is -0.510. The lowest BCUT2D eigenvalue weighted by Crippen LogP contribution is -2.49. The Hall–Kier alpha value is -3.03. The average molecular weight is 353 g/mol. The highest BCUT2D eigenvalue weighted by Crippen LogP contribution is 2.24. The molecule has 1 fully saturated rings. The van der Waals surface area contributed by atoms with Gasteiger partial charge in [0, 0.05) is 32.2 Å². The van der Waals surface area contributed by atoms with E-state index in [1.54, 1.807) is 17.0 Å². The number of aryl methyl sites for hydroxylation is 2. The summed E-state index contributed by atoms with van der Waals surface area (Å²) in [6.07, 6.45) is 3.18. The first-order valence-corrected chi connectivity index (χ1v) is 8.76. The molecule has 1 aromatic heterocycles. The van der Waals surface area contributed by atoms with Crippen molar-refractivity contribution in [2.75, 3.05) is 31.1 Å². The normalized spacial score (nSPS) is 16.5. The summed E-state index contributed by atoms with van der Waals surface area (Å²) in [6, 6.07) is 8.20. The predicted molar refractivity (Wildman–Crippen MR) is 95.3 cm³/mol. The van der Waals surface area contributed by atoms with E-state index in [1.807, 2.05) is 0 Å². The van der Waals surface area contributed by atoms with E-state index in [0.717, 1.165) is 30.8 Å². The zero-order valence-electron chi connectivity index (χ0n) is 14.3. The van der Waals surface area contributed by atoms with Crippen molar-refractivity contribution in [2.24, 2.45) is 0 Å². The highest BCUT2D eigenvalue weighted by Gasteiger charge is 2.28. The van der Waals surface area contributed by atoms with E-state index in [4.69, 9.17) is 0 Å². The number of para-hydroxylation sites is 1. The zero-order valence-corrected chi connectivity index (χ0v) is 14.3. The van der Waals surface area contributed by atoms with E-state index in [2.05, 4.69) is 21.2 Å². The predicted octanol–water partition coefficient (Wildman–Crippen LogP) is 1.84. The van der Waals surface area contributed by atoms with Crippen LogP contribution in [0.3, 0.4) is 0 Å². The molecule has 1 amide bonds. The third-order valence-corrected chi connectivity index (χ3v) is 5.03. The molecular formula is C18H19N5O3. The van der Waals surface area contributed by atoms with E-state index in [9.17, 15) is 14.9 Å². The molecule has 26 heavy (non-hydrogen) atoms. The second-order valence-electron chi connectivity index (χ2n) is 6.58. The minimum Gasteiger partial charge on any atom is -0.352 e. The van der Waals surface area contributed by atoms with Gasteiger partial charge in [-0.2, -0.15) is 5.10 Å². The Labute approximate surface area is 150 Å². The highest BCUT2D eigenvalue weighted by molar-refractivity contribution is 5.98. The van der Waals surface area contributed by atoms with Crippen molar-refractivity contribution in [2.45, 2.75) is 19.3 Å². The van der Waals surface area contributed by atoms with Crippen molar-refractivity contribution < 1.29 is 9.72 Å². The maximum atomic E-state index is 12.7. The summed E-state index contributed by atoms with van der Waals surface area (Å²) >= 11 is 0. The standard InChI is InChI=1S/C18H19N5O3/c24-18(14-5-1-2-7-16(14)23(25)26)22-10-8-21(9-11-22)17-12-13-4-3-6-15(13)19-20-17/h1-2,5,7,12H,3-4,6,8-11H2. The molecule has 4 rings (SSSR count). The van der Waals surface area contributed by atoms with Crippen LogP contribution in [0.15, 0.2) is 30.3 Å². The molecule has 1 aliphatic carbocycles. The second-order valence-corrected chi connectivity index (χ2v) is 6.58. The van der Waals surface area contributed by atoms with E-state index < -0.39 is 4.92 Å². The van der Waals surface area contributed by atoms with Gasteiger partial charge >= 0.3 is 0 Å². The lowest BCUT2D eigenvalue weighted by molar-refractivity contribution is -0.385. The third-order valence-electron chi connectivity index (χ3n) is 5.03. The number of carbonyl (C=O) groups is 1. The summed E-state index contributed by atoms with van der Waals surface area (Å²) in [5.41, 5.74) is 2.36. The van der Waals surface area contributed by atoms with Crippen molar-refractivity contribution >= 4 is 17.4 Å². The summed E-state index contributed by atoms with van der Waals surface area (Å²) in [5.74, 6) is 0.556.